The van der Waals surface area contributed by atoms with Gasteiger partial charge in [-0.2, -0.15) is 0 Å². The van der Waals surface area contributed by atoms with Gasteiger partial charge in [-0.25, -0.2) is 0 Å². The maximum Gasteiger partial charge on any atom is 0.172 e. The molecule has 1 atom stereocenters. The number of phenols is 2. The molecular formula is C6H5O4S-. The topological polar surface area (TPSA) is 80.6 Å². The molecular weight excluding hydrogens is 168 g/mol. The second kappa shape index (κ2) is 2.89. The highest BCUT2D eigenvalue weighted by Gasteiger charge is 2.04. The summed E-state index contributed by atoms with van der Waals surface area (Å²) in [6, 6.07) is 3.73. The Balaban J connectivity index is 3.27. The predicted octanol–water partition coefficient (Wildman–Crippen LogP) is 0.336. The van der Waals surface area contributed by atoms with E-state index in [9.17, 15) is 8.76 Å². The molecule has 5 heteroatoms. The summed E-state index contributed by atoms with van der Waals surface area (Å²) in [4.78, 5) is -0.301. The molecule has 60 valence electrons. The number of benzene rings is 1. The summed E-state index contributed by atoms with van der Waals surface area (Å²) in [6.45, 7) is 0. The van der Waals surface area contributed by atoms with Crippen molar-refractivity contribution in [3.63, 3.8) is 0 Å². The van der Waals surface area contributed by atoms with Crippen molar-refractivity contribution >= 4 is 11.1 Å². The monoisotopic (exact) mass is 173 g/mol. The van der Waals surface area contributed by atoms with Gasteiger partial charge in [-0.3, -0.25) is 4.21 Å². The fourth-order valence-electron chi connectivity index (χ4n) is 0.645. The van der Waals surface area contributed by atoms with E-state index in [4.69, 9.17) is 10.2 Å². The van der Waals surface area contributed by atoms with Gasteiger partial charge in [0.25, 0.3) is 0 Å². The van der Waals surface area contributed by atoms with E-state index < -0.39 is 22.6 Å². The number of phenolic OH excluding ortho intramolecular Hbond substituents is 2. The van der Waals surface area contributed by atoms with Crippen LogP contribution in [0.3, 0.4) is 0 Å². The predicted molar refractivity (Wildman–Crippen MR) is 37.0 cm³/mol. The van der Waals surface area contributed by atoms with E-state index in [0.29, 0.717) is 0 Å². The first-order chi connectivity index (χ1) is 5.13. The van der Waals surface area contributed by atoms with Crippen LogP contribution in [0, 0.1) is 0 Å². The summed E-state index contributed by atoms with van der Waals surface area (Å²) in [5.74, 6) is -1.05. The van der Waals surface area contributed by atoms with Gasteiger partial charge in [-0.05, 0) is 23.2 Å². The van der Waals surface area contributed by atoms with Crippen molar-refractivity contribution in [2.45, 2.75) is 4.90 Å². The van der Waals surface area contributed by atoms with Gasteiger partial charge in [0, 0.05) is 0 Å². The van der Waals surface area contributed by atoms with E-state index in [1.54, 1.807) is 0 Å². The van der Waals surface area contributed by atoms with Crippen molar-refractivity contribution in [2.24, 2.45) is 0 Å². The standard InChI is InChI=1S/C6H6O4S/c7-4-2-1-3-5(6(4)8)11(9)10/h1-3,7-8H,(H,9,10)/p-1. The number of para-hydroxylation sites is 1. The van der Waals surface area contributed by atoms with Crippen LogP contribution in [0.4, 0.5) is 0 Å². The molecule has 0 amide bonds. The average molecular weight is 173 g/mol. The van der Waals surface area contributed by atoms with Crippen molar-refractivity contribution in [3.8, 4) is 11.5 Å². The molecule has 0 saturated heterocycles. The van der Waals surface area contributed by atoms with Crippen molar-refractivity contribution in [1.29, 1.82) is 0 Å². The molecule has 0 bridgehead atoms. The van der Waals surface area contributed by atoms with Crippen LogP contribution in [0.2, 0.25) is 0 Å². The molecule has 11 heavy (non-hydrogen) atoms. The Kier molecular flexibility index (Phi) is 2.11. The van der Waals surface area contributed by atoms with Crippen LogP contribution < -0.4 is 0 Å². The summed E-state index contributed by atoms with van der Waals surface area (Å²) < 4.78 is 20.6. The van der Waals surface area contributed by atoms with Gasteiger partial charge in [0.15, 0.2) is 11.5 Å². The van der Waals surface area contributed by atoms with Crippen LogP contribution in [-0.4, -0.2) is 19.0 Å². The lowest BCUT2D eigenvalue weighted by Crippen LogP contribution is -1.88. The maximum atomic E-state index is 10.3. The van der Waals surface area contributed by atoms with Gasteiger partial charge in [-0.15, -0.1) is 0 Å². The minimum atomic E-state index is -2.51. The SMILES string of the molecule is O=S([O-])c1cccc(O)c1O. The molecule has 0 saturated carbocycles. The molecule has 0 heterocycles. The van der Waals surface area contributed by atoms with E-state index in [1.165, 1.54) is 18.2 Å². The molecule has 2 N–H and O–H groups in total. The number of rotatable bonds is 1. The highest BCUT2D eigenvalue weighted by atomic mass is 32.2. The van der Waals surface area contributed by atoms with Crippen LogP contribution in [0.15, 0.2) is 23.1 Å². The quantitative estimate of drug-likeness (QED) is 0.474. The lowest BCUT2D eigenvalue weighted by molar-refractivity contribution is 0.392. The molecule has 0 aliphatic rings. The average Bonchev–Trinajstić information content (AvgIpc) is 1.94. The Morgan fingerprint density at radius 2 is 2.00 bits per heavy atom. The second-order valence-corrected chi connectivity index (χ2v) is 2.77. The Morgan fingerprint density at radius 1 is 1.36 bits per heavy atom. The molecule has 0 spiro atoms. The van der Waals surface area contributed by atoms with E-state index in [0.717, 1.165) is 0 Å². The van der Waals surface area contributed by atoms with Crippen LogP contribution in [-0.2, 0) is 11.1 Å². The van der Waals surface area contributed by atoms with Crippen molar-refractivity contribution < 1.29 is 19.0 Å². The fraction of sp³-hybridized carbons (Fsp3) is 0. The Labute approximate surface area is 65.4 Å². The van der Waals surface area contributed by atoms with E-state index in [2.05, 4.69) is 0 Å². The molecule has 1 unspecified atom stereocenters. The summed E-state index contributed by atoms with van der Waals surface area (Å²) in [5.41, 5.74) is 0. The van der Waals surface area contributed by atoms with E-state index in [-0.39, 0.29) is 4.90 Å². The third-order valence-electron chi connectivity index (χ3n) is 1.16. The normalized spacial score (nSPS) is 12.8. The summed E-state index contributed by atoms with van der Waals surface area (Å²) in [7, 11) is 0. The smallest absolute Gasteiger partial charge is 0.172 e. The van der Waals surface area contributed by atoms with Crippen LogP contribution in [0.1, 0.15) is 0 Å². The summed E-state index contributed by atoms with van der Waals surface area (Å²) >= 11 is -2.51. The molecule has 0 aromatic heterocycles. The lowest BCUT2D eigenvalue weighted by atomic mass is 10.3. The zero-order chi connectivity index (χ0) is 8.43. The number of aromatic hydroxyl groups is 2. The van der Waals surface area contributed by atoms with Crippen molar-refractivity contribution in [1.82, 2.24) is 0 Å². The van der Waals surface area contributed by atoms with Gasteiger partial charge in [0.05, 0.1) is 4.90 Å². The first kappa shape index (κ1) is 8.03. The minimum Gasteiger partial charge on any atom is -0.768 e. The van der Waals surface area contributed by atoms with Crippen molar-refractivity contribution in [3.05, 3.63) is 18.2 Å². The lowest BCUT2D eigenvalue weighted by Gasteiger charge is -2.07. The zero-order valence-corrected chi connectivity index (χ0v) is 6.17. The minimum absolute atomic E-state index is 0.301. The Bertz CT molecular complexity index is 297. The maximum absolute atomic E-state index is 10.3. The Hall–Kier alpha value is -1.07. The largest absolute Gasteiger partial charge is 0.768 e. The molecule has 4 nitrogen and oxygen atoms in total. The molecule has 0 aliphatic heterocycles. The first-order valence-electron chi connectivity index (χ1n) is 2.73. The van der Waals surface area contributed by atoms with Gasteiger partial charge in [0.1, 0.15) is 0 Å². The molecule has 0 radical (unpaired) electrons. The molecule has 1 aromatic carbocycles. The van der Waals surface area contributed by atoms with Gasteiger partial charge in [0.2, 0.25) is 0 Å². The van der Waals surface area contributed by atoms with Gasteiger partial charge < -0.3 is 14.8 Å². The molecule has 1 aromatic rings. The highest BCUT2D eigenvalue weighted by Crippen LogP contribution is 2.29. The Morgan fingerprint density at radius 3 is 2.45 bits per heavy atom. The third-order valence-corrected chi connectivity index (χ3v) is 1.85. The van der Waals surface area contributed by atoms with Crippen LogP contribution in [0.5, 0.6) is 11.5 Å². The number of hydrogen-bond donors (Lipinski definition) is 2. The van der Waals surface area contributed by atoms with Crippen molar-refractivity contribution in [2.75, 3.05) is 0 Å². The zero-order valence-electron chi connectivity index (χ0n) is 5.35. The number of hydrogen-bond acceptors (Lipinski definition) is 4. The fourth-order valence-corrected chi connectivity index (χ4v) is 1.10. The second-order valence-electron chi connectivity index (χ2n) is 1.86. The molecule has 1 rings (SSSR count). The van der Waals surface area contributed by atoms with Crippen LogP contribution in [0.25, 0.3) is 0 Å². The summed E-state index contributed by atoms with van der Waals surface area (Å²) in [5, 5.41) is 17.8. The summed E-state index contributed by atoms with van der Waals surface area (Å²) in [6.07, 6.45) is 0. The molecule has 0 aliphatic carbocycles. The van der Waals surface area contributed by atoms with E-state index in [1.807, 2.05) is 0 Å². The molecule has 0 fully saturated rings. The highest BCUT2D eigenvalue weighted by molar-refractivity contribution is 7.79. The van der Waals surface area contributed by atoms with Gasteiger partial charge >= 0.3 is 0 Å². The van der Waals surface area contributed by atoms with Gasteiger partial charge in [-0.1, -0.05) is 6.07 Å². The van der Waals surface area contributed by atoms with E-state index >= 15 is 0 Å². The van der Waals surface area contributed by atoms with Crippen LogP contribution >= 0.6 is 0 Å². The third kappa shape index (κ3) is 1.50. The first-order valence-corrected chi connectivity index (χ1v) is 3.80.